The summed E-state index contributed by atoms with van der Waals surface area (Å²) in [4.78, 5) is 39.1. The number of hydrogen-bond acceptors (Lipinski definition) is 6. The van der Waals surface area contributed by atoms with Crippen molar-refractivity contribution in [3.05, 3.63) is 71.8 Å². The molecule has 0 atom stereocenters. The number of anilines is 1. The van der Waals surface area contributed by atoms with Crippen molar-refractivity contribution in [2.75, 3.05) is 31.6 Å². The number of carbonyl (C=O) groups is 3. The third-order valence-electron chi connectivity index (χ3n) is 5.22. The van der Waals surface area contributed by atoms with Gasteiger partial charge in [0.15, 0.2) is 0 Å². The number of fused-ring (bicyclic) bond motifs is 1. The molecule has 33 heavy (non-hydrogen) atoms. The molecule has 3 aromatic carbocycles. The molecule has 0 unspecified atom stereocenters. The molecule has 1 saturated heterocycles. The molecule has 0 saturated carbocycles. The van der Waals surface area contributed by atoms with Crippen molar-refractivity contribution >= 4 is 40.4 Å². The van der Waals surface area contributed by atoms with Gasteiger partial charge in [0.25, 0.3) is 5.91 Å². The summed E-state index contributed by atoms with van der Waals surface area (Å²) in [7, 11) is 0. The molecular formula is C24H22N4O5. The third-order valence-corrected chi connectivity index (χ3v) is 5.22. The molecule has 0 aromatic heterocycles. The molecule has 3 N–H and O–H groups in total. The fourth-order valence-electron chi connectivity index (χ4n) is 3.52. The van der Waals surface area contributed by atoms with Gasteiger partial charge in [0.05, 0.1) is 30.7 Å². The normalized spacial score (nSPS) is 13.8. The second-order valence-electron chi connectivity index (χ2n) is 7.32. The fourth-order valence-corrected chi connectivity index (χ4v) is 3.52. The molecule has 1 aliphatic heterocycles. The molecule has 0 radical (unpaired) electrons. The van der Waals surface area contributed by atoms with Crippen LogP contribution in [-0.4, -0.2) is 60.2 Å². The van der Waals surface area contributed by atoms with Gasteiger partial charge in [0.1, 0.15) is 5.75 Å². The van der Waals surface area contributed by atoms with Gasteiger partial charge in [-0.25, -0.2) is 5.43 Å². The van der Waals surface area contributed by atoms with Crippen LogP contribution in [0.2, 0.25) is 0 Å². The van der Waals surface area contributed by atoms with Crippen LogP contribution in [0.25, 0.3) is 10.8 Å². The first-order valence-corrected chi connectivity index (χ1v) is 10.4. The van der Waals surface area contributed by atoms with Crippen molar-refractivity contribution in [2.24, 2.45) is 5.10 Å². The van der Waals surface area contributed by atoms with E-state index in [0.29, 0.717) is 31.9 Å². The number of rotatable bonds is 4. The van der Waals surface area contributed by atoms with Crippen molar-refractivity contribution in [3.8, 4) is 5.75 Å². The van der Waals surface area contributed by atoms with Gasteiger partial charge in [-0.15, -0.1) is 0 Å². The summed E-state index contributed by atoms with van der Waals surface area (Å²) < 4.78 is 5.27. The summed E-state index contributed by atoms with van der Waals surface area (Å²) >= 11 is 0. The van der Waals surface area contributed by atoms with Gasteiger partial charge in [-0.2, -0.15) is 5.10 Å². The van der Waals surface area contributed by atoms with Gasteiger partial charge in [0, 0.05) is 18.7 Å². The summed E-state index contributed by atoms with van der Waals surface area (Å²) in [6, 6.07) is 17.2. The summed E-state index contributed by atoms with van der Waals surface area (Å²) in [5.74, 6) is -2.25. The van der Waals surface area contributed by atoms with E-state index >= 15 is 0 Å². The molecule has 1 heterocycles. The highest BCUT2D eigenvalue weighted by Crippen LogP contribution is 2.25. The topological polar surface area (TPSA) is 120 Å². The average molecular weight is 446 g/mol. The molecule has 0 spiro atoms. The van der Waals surface area contributed by atoms with E-state index in [-0.39, 0.29) is 22.9 Å². The Morgan fingerprint density at radius 2 is 1.67 bits per heavy atom. The number of morpholine rings is 1. The van der Waals surface area contributed by atoms with Crippen LogP contribution >= 0.6 is 0 Å². The molecule has 1 aliphatic rings. The maximum absolute atomic E-state index is 12.8. The van der Waals surface area contributed by atoms with Crippen LogP contribution in [0.3, 0.4) is 0 Å². The van der Waals surface area contributed by atoms with Crippen molar-refractivity contribution in [3.63, 3.8) is 0 Å². The Morgan fingerprint density at radius 3 is 2.48 bits per heavy atom. The number of carbonyl (C=O) groups excluding carboxylic acids is 3. The summed E-state index contributed by atoms with van der Waals surface area (Å²) in [6.45, 7) is 1.81. The molecule has 3 aromatic rings. The lowest BCUT2D eigenvalue weighted by molar-refractivity contribution is -0.136. The zero-order chi connectivity index (χ0) is 23.2. The predicted octanol–water partition coefficient (Wildman–Crippen LogP) is 2.11. The molecule has 168 valence electrons. The largest absolute Gasteiger partial charge is 0.507 e. The van der Waals surface area contributed by atoms with Crippen LogP contribution in [0.15, 0.2) is 65.8 Å². The van der Waals surface area contributed by atoms with E-state index in [9.17, 15) is 19.5 Å². The van der Waals surface area contributed by atoms with E-state index < -0.39 is 11.8 Å². The molecule has 0 aliphatic carbocycles. The number of phenols is 1. The summed E-state index contributed by atoms with van der Waals surface area (Å²) in [5.41, 5.74) is 3.07. The van der Waals surface area contributed by atoms with Gasteiger partial charge in [-0.05, 0) is 29.0 Å². The van der Waals surface area contributed by atoms with Crippen LogP contribution in [-0.2, 0) is 14.3 Å². The zero-order valence-electron chi connectivity index (χ0n) is 17.7. The Labute approximate surface area is 189 Å². The number of para-hydroxylation sites is 1. The highest BCUT2D eigenvalue weighted by Gasteiger charge is 2.23. The number of phenolic OH excluding ortho intramolecular Hbond substituents is 1. The zero-order valence-corrected chi connectivity index (χ0v) is 17.7. The lowest BCUT2D eigenvalue weighted by Gasteiger charge is -2.27. The number of ether oxygens (including phenoxy) is 1. The molecule has 9 heteroatoms. The second kappa shape index (κ2) is 9.92. The van der Waals surface area contributed by atoms with Gasteiger partial charge >= 0.3 is 11.8 Å². The number of nitrogens with zero attached hydrogens (tertiary/aromatic N) is 2. The number of benzene rings is 3. The minimum Gasteiger partial charge on any atom is -0.507 e. The average Bonchev–Trinajstić information content (AvgIpc) is 2.85. The highest BCUT2D eigenvalue weighted by molar-refractivity contribution is 6.40. The fraction of sp³-hybridized carbons (Fsp3) is 0.167. The van der Waals surface area contributed by atoms with Crippen LogP contribution < -0.4 is 10.7 Å². The van der Waals surface area contributed by atoms with Crippen molar-refractivity contribution in [2.45, 2.75) is 0 Å². The van der Waals surface area contributed by atoms with E-state index in [1.165, 1.54) is 12.3 Å². The first kappa shape index (κ1) is 22.0. The van der Waals surface area contributed by atoms with Gasteiger partial charge < -0.3 is 20.1 Å². The predicted molar refractivity (Wildman–Crippen MR) is 123 cm³/mol. The van der Waals surface area contributed by atoms with Crippen molar-refractivity contribution < 1.29 is 24.2 Å². The van der Waals surface area contributed by atoms with Crippen LogP contribution in [0, 0.1) is 0 Å². The SMILES string of the molecule is O=C(N/N=C/c1c(O)ccc2ccccc12)C(=O)Nc1ccccc1C(=O)N1CCOCC1. The van der Waals surface area contributed by atoms with Gasteiger partial charge in [0.2, 0.25) is 0 Å². The smallest absolute Gasteiger partial charge is 0.329 e. The lowest BCUT2D eigenvalue weighted by atomic mass is 10.0. The Hall–Kier alpha value is -4.24. The highest BCUT2D eigenvalue weighted by atomic mass is 16.5. The van der Waals surface area contributed by atoms with Crippen molar-refractivity contribution in [1.29, 1.82) is 0 Å². The summed E-state index contributed by atoms with van der Waals surface area (Å²) in [6.07, 6.45) is 1.28. The number of nitrogens with one attached hydrogen (secondary N) is 2. The van der Waals surface area contributed by atoms with E-state index in [1.54, 1.807) is 35.2 Å². The number of hydrogen-bond donors (Lipinski definition) is 3. The monoisotopic (exact) mass is 446 g/mol. The van der Waals surface area contributed by atoms with E-state index in [4.69, 9.17) is 4.74 Å². The first-order chi connectivity index (χ1) is 16.0. The van der Waals surface area contributed by atoms with E-state index in [2.05, 4.69) is 15.8 Å². The maximum atomic E-state index is 12.8. The Morgan fingerprint density at radius 1 is 0.939 bits per heavy atom. The Kier molecular flexibility index (Phi) is 6.61. The minimum atomic E-state index is -1.01. The van der Waals surface area contributed by atoms with Gasteiger partial charge in [-0.1, -0.05) is 42.5 Å². The van der Waals surface area contributed by atoms with Crippen LogP contribution in [0.5, 0.6) is 5.75 Å². The third kappa shape index (κ3) is 4.99. The molecule has 4 rings (SSSR count). The molecular weight excluding hydrogens is 424 g/mol. The van der Waals surface area contributed by atoms with Crippen LogP contribution in [0.4, 0.5) is 5.69 Å². The minimum absolute atomic E-state index is 0.00768. The lowest BCUT2D eigenvalue weighted by Crippen LogP contribution is -2.41. The molecule has 3 amide bonds. The summed E-state index contributed by atoms with van der Waals surface area (Å²) in [5, 5.41) is 18.1. The second-order valence-corrected chi connectivity index (χ2v) is 7.32. The molecule has 9 nitrogen and oxygen atoms in total. The number of hydrazone groups is 1. The van der Waals surface area contributed by atoms with Crippen LogP contribution in [0.1, 0.15) is 15.9 Å². The Bertz CT molecular complexity index is 1230. The van der Waals surface area contributed by atoms with Crippen molar-refractivity contribution in [1.82, 2.24) is 10.3 Å². The van der Waals surface area contributed by atoms with E-state index in [0.717, 1.165) is 10.8 Å². The molecule has 1 fully saturated rings. The number of aromatic hydroxyl groups is 1. The standard InChI is InChI=1S/C24H22N4O5/c29-21-10-9-16-5-1-2-6-17(16)19(21)15-25-27-23(31)22(30)26-20-8-4-3-7-18(20)24(32)28-11-13-33-14-12-28/h1-10,15,29H,11-14H2,(H,26,30)(H,27,31)/b25-15+. The maximum Gasteiger partial charge on any atom is 0.329 e. The molecule has 0 bridgehead atoms. The van der Waals surface area contributed by atoms with Gasteiger partial charge in [-0.3, -0.25) is 14.4 Å². The number of amides is 3. The van der Waals surface area contributed by atoms with E-state index in [1.807, 2.05) is 24.3 Å². The Balaban J connectivity index is 1.44. The first-order valence-electron chi connectivity index (χ1n) is 10.4. The quantitative estimate of drug-likeness (QED) is 0.322.